The Balaban J connectivity index is 2.22. The standard InChI is InChI=1S/C25H37N3O4/c1-15(2)20(12-16(3)24(31)32)28(7)23(30)21(25(4,5)6)27-22(29)19-13-17-10-8-9-11-18(17)14-26-19/h8-12,15,19-21,26H,13-14H2,1-7H3,(H,27,29)(H,31,32)/b16-12+/t19-,20+,21?/m0/s1. The monoisotopic (exact) mass is 443 g/mol. The molecule has 0 bridgehead atoms. The molecule has 0 saturated carbocycles. The zero-order valence-corrected chi connectivity index (χ0v) is 20.2. The van der Waals surface area contributed by atoms with Crippen LogP contribution in [-0.2, 0) is 27.3 Å². The van der Waals surface area contributed by atoms with E-state index in [1.165, 1.54) is 12.5 Å². The lowest BCUT2D eigenvalue weighted by atomic mass is 9.84. The number of rotatable bonds is 7. The second-order valence-corrected chi connectivity index (χ2v) is 10.1. The van der Waals surface area contributed by atoms with E-state index in [-0.39, 0.29) is 23.3 Å². The van der Waals surface area contributed by atoms with Crippen LogP contribution in [0, 0.1) is 11.3 Å². The van der Waals surface area contributed by atoms with Crippen molar-refractivity contribution in [2.45, 2.75) is 72.6 Å². The number of carbonyl (C=O) groups excluding carboxylic acids is 2. The number of hydrogen-bond acceptors (Lipinski definition) is 4. The van der Waals surface area contributed by atoms with Gasteiger partial charge in [-0.1, -0.05) is 65.0 Å². The topological polar surface area (TPSA) is 98.7 Å². The van der Waals surface area contributed by atoms with Gasteiger partial charge in [0, 0.05) is 19.2 Å². The minimum Gasteiger partial charge on any atom is -0.478 e. The summed E-state index contributed by atoms with van der Waals surface area (Å²) in [6, 6.07) is 6.46. The highest BCUT2D eigenvalue weighted by atomic mass is 16.4. The number of nitrogens with zero attached hydrogens (tertiary/aromatic N) is 1. The van der Waals surface area contributed by atoms with Crippen molar-refractivity contribution in [1.29, 1.82) is 0 Å². The summed E-state index contributed by atoms with van der Waals surface area (Å²) < 4.78 is 0. The van der Waals surface area contributed by atoms with Crippen LogP contribution in [0.2, 0.25) is 0 Å². The van der Waals surface area contributed by atoms with Crippen LogP contribution in [0.25, 0.3) is 0 Å². The van der Waals surface area contributed by atoms with Crippen LogP contribution in [-0.4, -0.2) is 53.0 Å². The zero-order chi connectivity index (χ0) is 24.2. The molecule has 2 amide bonds. The van der Waals surface area contributed by atoms with Gasteiger partial charge >= 0.3 is 5.97 Å². The van der Waals surface area contributed by atoms with Crippen molar-refractivity contribution in [2.75, 3.05) is 7.05 Å². The molecule has 1 aromatic rings. The van der Waals surface area contributed by atoms with E-state index in [9.17, 15) is 19.5 Å². The maximum Gasteiger partial charge on any atom is 0.331 e. The van der Waals surface area contributed by atoms with Crippen molar-refractivity contribution in [3.8, 4) is 0 Å². The van der Waals surface area contributed by atoms with Gasteiger partial charge < -0.3 is 20.6 Å². The van der Waals surface area contributed by atoms with Crippen molar-refractivity contribution >= 4 is 17.8 Å². The quantitative estimate of drug-likeness (QED) is 0.563. The number of aliphatic carboxylic acids is 1. The molecule has 0 fully saturated rings. The van der Waals surface area contributed by atoms with Crippen molar-refractivity contribution in [3.05, 3.63) is 47.0 Å². The Morgan fingerprint density at radius 1 is 1.19 bits per heavy atom. The van der Waals surface area contributed by atoms with Crippen LogP contribution < -0.4 is 10.6 Å². The third-order valence-corrected chi connectivity index (χ3v) is 6.03. The van der Waals surface area contributed by atoms with Crippen molar-refractivity contribution in [1.82, 2.24) is 15.5 Å². The minimum absolute atomic E-state index is 0.00563. The van der Waals surface area contributed by atoms with E-state index in [2.05, 4.69) is 10.6 Å². The van der Waals surface area contributed by atoms with Crippen LogP contribution >= 0.6 is 0 Å². The lowest BCUT2D eigenvalue weighted by Crippen LogP contribution is -2.59. The first-order valence-electron chi connectivity index (χ1n) is 11.1. The van der Waals surface area contributed by atoms with Gasteiger partial charge in [-0.3, -0.25) is 9.59 Å². The molecule has 1 unspecified atom stereocenters. The van der Waals surface area contributed by atoms with Gasteiger partial charge in [-0.15, -0.1) is 0 Å². The smallest absolute Gasteiger partial charge is 0.331 e. The van der Waals surface area contributed by atoms with E-state index in [0.29, 0.717) is 13.0 Å². The number of benzene rings is 1. The summed E-state index contributed by atoms with van der Waals surface area (Å²) in [5.74, 6) is -1.46. The molecule has 0 aliphatic carbocycles. The minimum atomic E-state index is -1.01. The van der Waals surface area contributed by atoms with Crippen LogP contribution in [0.5, 0.6) is 0 Å². The highest BCUT2D eigenvalue weighted by Crippen LogP contribution is 2.24. The van der Waals surface area contributed by atoms with Gasteiger partial charge in [-0.05, 0) is 35.8 Å². The molecule has 2 rings (SSSR count). The third-order valence-electron chi connectivity index (χ3n) is 6.03. The summed E-state index contributed by atoms with van der Waals surface area (Å²) in [6.45, 7) is 11.7. The Labute approximate surface area is 191 Å². The molecular formula is C25H37N3O4. The summed E-state index contributed by atoms with van der Waals surface area (Å²) >= 11 is 0. The van der Waals surface area contributed by atoms with Crippen molar-refractivity contribution in [3.63, 3.8) is 0 Å². The summed E-state index contributed by atoms with van der Waals surface area (Å²) in [6.07, 6.45) is 2.17. The van der Waals surface area contributed by atoms with Gasteiger partial charge in [0.2, 0.25) is 11.8 Å². The Morgan fingerprint density at radius 2 is 1.78 bits per heavy atom. The van der Waals surface area contributed by atoms with E-state index in [4.69, 9.17) is 0 Å². The number of amides is 2. The van der Waals surface area contributed by atoms with Gasteiger partial charge in [-0.2, -0.15) is 0 Å². The zero-order valence-electron chi connectivity index (χ0n) is 20.2. The average molecular weight is 444 g/mol. The number of carbonyl (C=O) groups is 3. The molecule has 1 aromatic carbocycles. The average Bonchev–Trinajstić information content (AvgIpc) is 2.72. The SMILES string of the molecule is C/C(=C\[C@H](C(C)C)N(C)C(=O)C(NC(=O)[C@@H]1Cc2ccccc2CN1)C(C)(C)C)C(=O)O. The molecule has 1 aliphatic rings. The molecule has 3 N–H and O–H groups in total. The number of likely N-dealkylation sites (N-methyl/N-ethyl adjacent to an activating group) is 1. The second kappa shape index (κ2) is 10.3. The molecule has 0 radical (unpaired) electrons. The lowest BCUT2D eigenvalue weighted by Gasteiger charge is -2.38. The molecule has 32 heavy (non-hydrogen) atoms. The number of hydrogen-bond donors (Lipinski definition) is 3. The molecule has 7 nitrogen and oxygen atoms in total. The summed E-state index contributed by atoms with van der Waals surface area (Å²) in [5.41, 5.74) is 1.97. The fourth-order valence-electron chi connectivity index (χ4n) is 3.96. The number of carboxylic acids is 1. The van der Waals surface area contributed by atoms with Gasteiger partial charge in [0.15, 0.2) is 0 Å². The van der Waals surface area contributed by atoms with Crippen molar-refractivity contribution < 1.29 is 19.5 Å². The van der Waals surface area contributed by atoms with Crippen LogP contribution in [0.1, 0.15) is 52.7 Å². The third kappa shape index (κ3) is 6.19. The van der Waals surface area contributed by atoms with E-state index in [0.717, 1.165) is 5.56 Å². The Hall–Kier alpha value is -2.67. The number of nitrogens with one attached hydrogen (secondary N) is 2. The molecule has 0 spiro atoms. The molecule has 1 aliphatic heterocycles. The molecule has 176 valence electrons. The first-order chi connectivity index (χ1) is 14.8. The predicted molar refractivity (Wildman–Crippen MR) is 125 cm³/mol. The van der Waals surface area contributed by atoms with Crippen LogP contribution in [0.4, 0.5) is 0 Å². The Bertz CT molecular complexity index is 885. The lowest BCUT2D eigenvalue weighted by molar-refractivity contribution is -0.140. The molecule has 0 saturated heterocycles. The van der Waals surface area contributed by atoms with Crippen LogP contribution in [0.3, 0.4) is 0 Å². The van der Waals surface area contributed by atoms with Gasteiger partial charge in [0.1, 0.15) is 6.04 Å². The summed E-state index contributed by atoms with van der Waals surface area (Å²) in [7, 11) is 1.67. The van der Waals surface area contributed by atoms with Crippen molar-refractivity contribution in [2.24, 2.45) is 11.3 Å². The number of carboxylic acid groups (broad SMARTS) is 1. The summed E-state index contributed by atoms with van der Waals surface area (Å²) in [5, 5.41) is 15.5. The fraction of sp³-hybridized carbons (Fsp3) is 0.560. The number of fused-ring (bicyclic) bond motifs is 1. The van der Waals surface area contributed by atoms with E-state index >= 15 is 0 Å². The first-order valence-corrected chi connectivity index (χ1v) is 11.1. The Morgan fingerprint density at radius 3 is 2.31 bits per heavy atom. The highest BCUT2D eigenvalue weighted by Gasteiger charge is 2.38. The van der Waals surface area contributed by atoms with E-state index in [1.807, 2.05) is 58.9 Å². The molecule has 3 atom stereocenters. The maximum absolute atomic E-state index is 13.5. The predicted octanol–water partition coefficient (Wildman–Crippen LogP) is 2.75. The molecule has 0 aromatic heterocycles. The van der Waals surface area contributed by atoms with E-state index < -0.39 is 29.5 Å². The molecule has 1 heterocycles. The molecular weight excluding hydrogens is 406 g/mol. The maximum atomic E-state index is 13.5. The first kappa shape index (κ1) is 25.6. The highest BCUT2D eigenvalue weighted by molar-refractivity contribution is 5.91. The normalized spacial score (nSPS) is 18.5. The van der Waals surface area contributed by atoms with Gasteiger partial charge in [0.05, 0.1) is 12.1 Å². The van der Waals surface area contributed by atoms with Crippen LogP contribution in [0.15, 0.2) is 35.9 Å². The van der Waals surface area contributed by atoms with E-state index in [1.54, 1.807) is 18.0 Å². The fourth-order valence-corrected chi connectivity index (χ4v) is 3.96. The van der Waals surface area contributed by atoms with Gasteiger partial charge in [-0.25, -0.2) is 4.79 Å². The Kier molecular flexibility index (Phi) is 8.24. The largest absolute Gasteiger partial charge is 0.478 e. The second-order valence-electron chi connectivity index (χ2n) is 10.1. The molecule has 7 heteroatoms. The summed E-state index contributed by atoms with van der Waals surface area (Å²) in [4.78, 5) is 39.5. The van der Waals surface area contributed by atoms with Gasteiger partial charge in [0.25, 0.3) is 0 Å².